The van der Waals surface area contributed by atoms with Crippen LogP contribution in [0.25, 0.3) is 0 Å². The maximum Gasteiger partial charge on any atom is 0.228 e. The number of anilines is 1. The van der Waals surface area contributed by atoms with Gasteiger partial charge in [-0.1, -0.05) is 18.2 Å². The van der Waals surface area contributed by atoms with Crippen molar-refractivity contribution in [3.63, 3.8) is 0 Å². The predicted molar refractivity (Wildman–Crippen MR) is 81.0 cm³/mol. The monoisotopic (exact) mass is 272 g/mol. The van der Waals surface area contributed by atoms with Gasteiger partial charge >= 0.3 is 0 Å². The molecule has 4 heteroatoms. The summed E-state index contributed by atoms with van der Waals surface area (Å²) in [7, 11) is 0. The molecule has 20 heavy (non-hydrogen) atoms. The second kappa shape index (κ2) is 6.39. The van der Waals surface area contributed by atoms with Crippen LogP contribution in [0.5, 0.6) is 5.75 Å². The summed E-state index contributed by atoms with van der Waals surface area (Å²) in [4.78, 5) is 13.7. The van der Waals surface area contributed by atoms with Gasteiger partial charge in [-0.3, -0.25) is 9.69 Å². The number of phenolic OH excluding ortho intramolecular Hbond substituents is 1. The van der Waals surface area contributed by atoms with Gasteiger partial charge in [0, 0.05) is 19.6 Å². The summed E-state index contributed by atoms with van der Waals surface area (Å²) >= 11 is 0. The fraction of sp³-hybridized carbons (Fsp3) is 0.312. The summed E-state index contributed by atoms with van der Waals surface area (Å²) in [6.07, 6.45) is 4.92. The molecule has 1 aliphatic heterocycles. The lowest BCUT2D eigenvalue weighted by atomic mass is 10.0. The molecule has 1 heterocycles. The van der Waals surface area contributed by atoms with Crippen molar-refractivity contribution in [3.8, 4) is 5.75 Å². The number of phenols is 1. The minimum atomic E-state index is -0.0585. The molecule has 0 radical (unpaired) electrons. The molecule has 4 nitrogen and oxygen atoms in total. The smallest absolute Gasteiger partial charge is 0.228 e. The molecule has 0 saturated heterocycles. The molecule has 0 saturated carbocycles. The summed E-state index contributed by atoms with van der Waals surface area (Å²) in [5, 5.41) is 12.5. The molecule has 2 rings (SSSR count). The third-order valence-electron chi connectivity index (χ3n) is 3.46. The summed E-state index contributed by atoms with van der Waals surface area (Å²) in [6, 6.07) is 3.54. The Bertz CT molecular complexity index is 528. The van der Waals surface area contributed by atoms with Crippen molar-refractivity contribution in [1.82, 2.24) is 4.90 Å². The highest BCUT2D eigenvalue weighted by molar-refractivity contribution is 6.01. The van der Waals surface area contributed by atoms with Gasteiger partial charge in [-0.2, -0.15) is 0 Å². The van der Waals surface area contributed by atoms with E-state index in [1.165, 1.54) is 0 Å². The van der Waals surface area contributed by atoms with Crippen molar-refractivity contribution < 1.29 is 9.90 Å². The van der Waals surface area contributed by atoms with Crippen molar-refractivity contribution >= 4 is 11.6 Å². The van der Waals surface area contributed by atoms with Crippen LogP contribution in [-0.4, -0.2) is 35.5 Å². The Hall–Kier alpha value is -2.07. The van der Waals surface area contributed by atoms with Crippen molar-refractivity contribution in [2.45, 2.75) is 12.8 Å². The minimum Gasteiger partial charge on any atom is -0.506 e. The quantitative estimate of drug-likeness (QED) is 0.590. The van der Waals surface area contributed by atoms with Gasteiger partial charge in [0.15, 0.2) is 0 Å². The lowest BCUT2D eigenvalue weighted by Crippen LogP contribution is -2.26. The van der Waals surface area contributed by atoms with E-state index in [0.717, 1.165) is 37.2 Å². The Morgan fingerprint density at radius 2 is 2.00 bits per heavy atom. The Morgan fingerprint density at radius 3 is 2.65 bits per heavy atom. The van der Waals surface area contributed by atoms with E-state index in [1.807, 2.05) is 18.2 Å². The van der Waals surface area contributed by atoms with Crippen LogP contribution in [0.15, 0.2) is 37.4 Å². The number of nitrogens with one attached hydrogen (secondary N) is 1. The predicted octanol–water partition coefficient (Wildman–Crippen LogP) is 2.10. The number of carbonyl (C=O) groups is 1. The first-order chi connectivity index (χ1) is 9.65. The molecule has 106 valence electrons. The molecule has 1 aliphatic rings. The zero-order valence-corrected chi connectivity index (χ0v) is 11.6. The van der Waals surface area contributed by atoms with Gasteiger partial charge in [-0.05, 0) is 23.6 Å². The van der Waals surface area contributed by atoms with Crippen LogP contribution in [-0.2, 0) is 17.6 Å². The Labute approximate surface area is 119 Å². The van der Waals surface area contributed by atoms with Gasteiger partial charge in [-0.15, -0.1) is 13.2 Å². The van der Waals surface area contributed by atoms with E-state index in [0.29, 0.717) is 12.1 Å². The van der Waals surface area contributed by atoms with Gasteiger partial charge in [0.05, 0.1) is 12.1 Å². The summed E-state index contributed by atoms with van der Waals surface area (Å²) in [5.41, 5.74) is 2.60. The SMILES string of the molecule is C=CCN(CC=C)CCc1ccc(O)c2c1CC(=O)N2. The van der Waals surface area contributed by atoms with Crippen LogP contribution in [0.2, 0.25) is 0 Å². The molecular weight excluding hydrogens is 252 g/mol. The first-order valence-electron chi connectivity index (χ1n) is 6.73. The molecule has 0 aliphatic carbocycles. The van der Waals surface area contributed by atoms with Crippen molar-refractivity contribution in [1.29, 1.82) is 0 Å². The van der Waals surface area contributed by atoms with E-state index in [4.69, 9.17) is 0 Å². The van der Waals surface area contributed by atoms with Gasteiger partial charge in [0.2, 0.25) is 5.91 Å². The van der Waals surface area contributed by atoms with Crippen molar-refractivity contribution in [2.24, 2.45) is 0 Å². The topological polar surface area (TPSA) is 52.6 Å². The number of benzene rings is 1. The van der Waals surface area contributed by atoms with Crippen LogP contribution < -0.4 is 5.32 Å². The molecule has 0 aromatic heterocycles. The molecule has 0 fully saturated rings. The lowest BCUT2D eigenvalue weighted by molar-refractivity contribution is -0.115. The highest BCUT2D eigenvalue weighted by Crippen LogP contribution is 2.35. The number of aromatic hydroxyl groups is 1. The molecule has 2 N–H and O–H groups in total. The third-order valence-corrected chi connectivity index (χ3v) is 3.46. The first-order valence-corrected chi connectivity index (χ1v) is 6.73. The average molecular weight is 272 g/mol. The third kappa shape index (κ3) is 3.08. The van der Waals surface area contributed by atoms with Crippen LogP contribution in [0.4, 0.5) is 5.69 Å². The summed E-state index contributed by atoms with van der Waals surface area (Å²) in [6.45, 7) is 9.99. The van der Waals surface area contributed by atoms with E-state index in [-0.39, 0.29) is 11.7 Å². The van der Waals surface area contributed by atoms with Crippen LogP contribution in [0, 0.1) is 0 Å². The van der Waals surface area contributed by atoms with E-state index in [1.54, 1.807) is 6.07 Å². The Balaban J connectivity index is 2.11. The van der Waals surface area contributed by atoms with Gasteiger partial charge < -0.3 is 10.4 Å². The van der Waals surface area contributed by atoms with Crippen molar-refractivity contribution in [2.75, 3.05) is 25.0 Å². The zero-order valence-electron chi connectivity index (χ0n) is 11.6. The molecule has 1 amide bonds. The zero-order chi connectivity index (χ0) is 14.5. The molecule has 0 unspecified atom stereocenters. The fourth-order valence-corrected chi connectivity index (χ4v) is 2.50. The molecule has 0 bridgehead atoms. The highest BCUT2D eigenvalue weighted by atomic mass is 16.3. The summed E-state index contributed by atoms with van der Waals surface area (Å²) < 4.78 is 0. The van der Waals surface area contributed by atoms with E-state index in [9.17, 15) is 9.90 Å². The van der Waals surface area contributed by atoms with Gasteiger partial charge in [0.25, 0.3) is 0 Å². The van der Waals surface area contributed by atoms with Crippen LogP contribution >= 0.6 is 0 Å². The molecule has 1 aromatic rings. The minimum absolute atomic E-state index is 0.0585. The first kappa shape index (κ1) is 14.3. The standard InChI is InChI=1S/C16H20N2O2/c1-3-8-18(9-4-2)10-7-12-5-6-14(19)16-13(12)11-15(20)17-16/h3-6,19H,1-2,7-11H2,(H,17,20). The number of hydrogen-bond donors (Lipinski definition) is 2. The summed E-state index contributed by atoms with van der Waals surface area (Å²) in [5.74, 6) is 0.0837. The average Bonchev–Trinajstić information content (AvgIpc) is 2.81. The van der Waals surface area contributed by atoms with Crippen molar-refractivity contribution in [3.05, 3.63) is 48.6 Å². The van der Waals surface area contributed by atoms with Gasteiger partial charge in [-0.25, -0.2) is 0 Å². The normalized spacial score (nSPS) is 13.2. The van der Waals surface area contributed by atoms with E-state index >= 15 is 0 Å². The maximum absolute atomic E-state index is 11.5. The molecule has 0 atom stereocenters. The van der Waals surface area contributed by atoms with E-state index in [2.05, 4.69) is 23.4 Å². The largest absolute Gasteiger partial charge is 0.506 e. The lowest BCUT2D eigenvalue weighted by Gasteiger charge is -2.19. The maximum atomic E-state index is 11.5. The van der Waals surface area contributed by atoms with Crippen LogP contribution in [0.3, 0.4) is 0 Å². The Kier molecular flexibility index (Phi) is 4.58. The molecule has 0 spiro atoms. The fourth-order valence-electron chi connectivity index (χ4n) is 2.50. The molecular formula is C16H20N2O2. The number of hydrogen-bond acceptors (Lipinski definition) is 3. The number of amides is 1. The van der Waals surface area contributed by atoms with Crippen LogP contribution in [0.1, 0.15) is 11.1 Å². The number of nitrogens with zero attached hydrogens (tertiary/aromatic N) is 1. The number of fused-ring (bicyclic) bond motifs is 1. The van der Waals surface area contributed by atoms with E-state index < -0.39 is 0 Å². The molecule has 1 aromatic carbocycles. The second-order valence-electron chi connectivity index (χ2n) is 4.91. The number of rotatable bonds is 7. The Morgan fingerprint density at radius 1 is 1.30 bits per heavy atom. The van der Waals surface area contributed by atoms with Gasteiger partial charge in [0.1, 0.15) is 5.75 Å². The number of carbonyl (C=O) groups excluding carboxylic acids is 1. The second-order valence-corrected chi connectivity index (χ2v) is 4.91. The highest BCUT2D eigenvalue weighted by Gasteiger charge is 2.23.